The van der Waals surface area contributed by atoms with Crippen LogP contribution < -0.4 is 4.74 Å². The number of hydrogen-bond acceptors (Lipinski definition) is 7. The van der Waals surface area contributed by atoms with Crippen LogP contribution in [0.25, 0.3) is 0 Å². The normalized spacial score (nSPS) is 13.1. The predicted octanol–water partition coefficient (Wildman–Crippen LogP) is 4.47. The van der Waals surface area contributed by atoms with Crippen LogP contribution in [0.5, 0.6) is 5.75 Å². The molecular formula is C24H32N2O7S. The molecule has 0 radical (unpaired) electrons. The molecule has 0 aliphatic carbocycles. The monoisotopic (exact) mass is 492 g/mol. The number of nitro groups is 1. The molecule has 0 bridgehead atoms. The number of carbonyl (C=O) groups is 1. The number of aryl methyl sites for hydroxylation is 1. The van der Waals surface area contributed by atoms with Crippen molar-refractivity contribution in [3.05, 3.63) is 63.7 Å². The van der Waals surface area contributed by atoms with Gasteiger partial charge in [0.15, 0.2) is 0 Å². The van der Waals surface area contributed by atoms with Crippen LogP contribution in [0, 0.1) is 23.0 Å². The minimum atomic E-state index is -4.21. The second-order valence-electron chi connectivity index (χ2n) is 9.33. The van der Waals surface area contributed by atoms with Crippen molar-refractivity contribution in [1.82, 2.24) is 4.31 Å². The Labute approximate surface area is 200 Å². The fraction of sp³-hybridized carbons (Fsp3) is 0.458. The molecule has 0 saturated carbocycles. The van der Waals surface area contributed by atoms with E-state index in [9.17, 15) is 23.3 Å². The first-order valence-corrected chi connectivity index (χ1v) is 12.2. The minimum Gasteiger partial charge on any atom is -0.497 e. The number of rotatable bonds is 9. The van der Waals surface area contributed by atoms with Crippen molar-refractivity contribution in [1.29, 1.82) is 0 Å². The van der Waals surface area contributed by atoms with E-state index in [2.05, 4.69) is 0 Å². The summed E-state index contributed by atoms with van der Waals surface area (Å²) in [4.78, 5) is 24.1. The molecule has 0 amide bonds. The molecule has 34 heavy (non-hydrogen) atoms. The molecule has 9 nitrogen and oxygen atoms in total. The number of nitrogens with zero attached hydrogens (tertiary/aromatic N) is 2. The van der Waals surface area contributed by atoms with Crippen LogP contribution >= 0.6 is 0 Å². The molecular weight excluding hydrogens is 460 g/mol. The van der Waals surface area contributed by atoms with Gasteiger partial charge in [-0.2, -0.15) is 4.31 Å². The van der Waals surface area contributed by atoms with Crippen LogP contribution in [0.4, 0.5) is 5.69 Å². The molecule has 2 aromatic carbocycles. The zero-order chi connectivity index (χ0) is 25.8. The summed E-state index contributed by atoms with van der Waals surface area (Å²) in [5.41, 5.74) is -0.130. The molecule has 0 fully saturated rings. The van der Waals surface area contributed by atoms with Crippen LogP contribution in [0.3, 0.4) is 0 Å². The summed E-state index contributed by atoms with van der Waals surface area (Å²) in [6.07, 6.45) is 0. The Kier molecular flexibility index (Phi) is 8.44. The molecule has 10 heteroatoms. The number of hydrogen-bond donors (Lipinski definition) is 0. The lowest BCUT2D eigenvalue weighted by Gasteiger charge is -2.34. The van der Waals surface area contributed by atoms with Gasteiger partial charge in [0.2, 0.25) is 10.0 Å². The zero-order valence-corrected chi connectivity index (χ0v) is 21.4. The highest BCUT2D eigenvalue weighted by Crippen LogP contribution is 2.29. The number of nitro benzene ring substituents is 1. The fourth-order valence-electron chi connectivity index (χ4n) is 3.43. The molecule has 2 aromatic rings. The van der Waals surface area contributed by atoms with Crippen molar-refractivity contribution in [2.24, 2.45) is 5.92 Å². The maximum Gasteiger partial charge on any atom is 0.325 e. The van der Waals surface area contributed by atoms with Gasteiger partial charge in [-0.1, -0.05) is 26.0 Å². The summed E-state index contributed by atoms with van der Waals surface area (Å²) >= 11 is 0. The summed E-state index contributed by atoms with van der Waals surface area (Å²) < 4.78 is 39.3. The molecule has 0 spiro atoms. The Morgan fingerprint density at radius 2 is 1.71 bits per heavy atom. The van der Waals surface area contributed by atoms with Crippen molar-refractivity contribution < 1.29 is 27.6 Å². The molecule has 0 saturated heterocycles. The molecule has 0 N–H and O–H groups in total. The number of benzene rings is 2. The number of esters is 1. The van der Waals surface area contributed by atoms with Gasteiger partial charge in [0.1, 0.15) is 17.4 Å². The summed E-state index contributed by atoms with van der Waals surface area (Å²) in [6, 6.07) is 9.16. The second kappa shape index (κ2) is 10.5. The smallest absolute Gasteiger partial charge is 0.325 e. The Bertz CT molecular complexity index is 1140. The topological polar surface area (TPSA) is 116 Å². The summed E-state index contributed by atoms with van der Waals surface area (Å²) in [6.45, 7) is 9.91. The van der Waals surface area contributed by atoms with Crippen LogP contribution in [-0.2, 0) is 26.1 Å². The average Bonchev–Trinajstić information content (AvgIpc) is 2.72. The van der Waals surface area contributed by atoms with Gasteiger partial charge in [0, 0.05) is 18.2 Å². The Morgan fingerprint density at radius 1 is 1.12 bits per heavy atom. The molecule has 186 valence electrons. The Balaban J connectivity index is 2.64. The lowest BCUT2D eigenvalue weighted by molar-refractivity contribution is -0.385. The van der Waals surface area contributed by atoms with Gasteiger partial charge in [-0.15, -0.1) is 0 Å². The SMILES string of the molecule is COc1ccc(S(=O)(=O)N(Cc2ccc(C)c([N+](=O)[O-])c2)C(C(=O)OC(C)(C)C)C(C)C)cc1. The van der Waals surface area contributed by atoms with E-state index in [0.29, 0.717) is 16.9 Å². The van der Waals surface area contributed by atoms with E-state index < -0.39 is 38.5 Å². The molecule has 1 atom stereocenters. The minimum absolute atomic E-state index is 0.0379. The van der Waals surface area contributed by atoms with Gasteiger partial charge in [0.05, 0.1) is 16.9 Å². The van der Waals surface area contributed by atoms with Gasteiger partial charge in [0.25, 0.3) is 5.69 Å². The van der Waals surface area contributed by atoms with E-state index in [4.69, 9.17) is 9.47 Å². The van der Waals surface area contributed by atoms with E-state index in [0.717, 1.165) is 4.31 Å². The summed E-state index contributed by atoms with van der Waals surface area (Å²) in [5, 5.41) is 11.4. The van der Waals surface area contributed by atoms with E-state index in [1.165, 1.54) is 37.4 Å². The van der Waals surface area contributed by atoms with Crippen LogP contribution in [0.1, 0.15) is 45.7 Å². The number of ether oxygens (including phenoxy) is 2. The summed E-state index contributed by atoms with van der Waals surface area (Å²) in [7, 11) is -2.74. The van der Waals surface area contributed by atoms with Crippen molar-refractivity contribution in [2.75, 3.05) is 7.11 Å². The summed E-state index contributed by atoms with van der Waals surface area (Å²) in [5.74, 6) is -0.656. The van der Waals surface area contributed by atoms with Crippen molar-refractivity contribution in [3.8, 4) is 5.75 Å². The third-order valence-corrected chi connectivity index (χ3v) is 6.91. The van der Waals surface area contributed by atoms with Gasteiger partial charge < -0.3 is 9.47 Å². The van der Waals surface area contributed by atoms with E-state index in [1.54, 1.807) is 53.7 Å². The first-order valence-electron chi connectivity index (χ1n) is 10.8. The maximum absolute atomic E-state index is 13.8. The maximum atomic E-state index is 13.8. The average molecular weight is 493 g/mol. The quantitative estimate of drug-likeness (QED) is 0.288. The van der Waals surface area contributed by atoms with Crippen molar-refractivity contribution in [2.45, 2.75) is 64.6 Å². The van der Waals surface area contributed by atoms with Crippen LogP contribution in [0.2, 0.25) is 0 Å². The van der Waals surface area contributed by atoms with Gasteiger partial charge in [-0.3, -0.25) is 14.9 Å². The molecule has 0 aliphatic heterocycles. The van der Waals surface area contributed by atoms with Gasteiger partial charge >= 0.3 is 5.97 Å². The molecule has 2 rings (SSSR count). The first kappa shape index (κ1) is 27.3. The van der Waals surface area contributed by atoms with E-state index in [-0.39, 0.29) is 17.1 Å². The number of sulfonamides is 1. The van der Waals surface area contributed by atoms with Gasteiger partial charge in [-0.25, -0.2) is 8.42 Å². The second-order valence-corrected chi connectivity index (χ2v) is 11.2. The zero-order valence-electron chi connectivity index (χ0n) is 20.6. The highest BCUT2D eigenvalue weighted by molar-refractivity contribution is 7.89. The molecule has 1 unspecified atom stereocenters. The molecule has 0 heterocycles. The predicted molar refractivity (Wildman–Crippen MR) is 128 cm³/mol. The standard InChI is InChI=1S/C24H32N2O7S/c1-16(2)22(23(27)33-24(4,5)6)25(15-18-9-8-17(3)21(14-18)26(28)29)34(30,31)20-12-10-19(32-7)11-13-20/h8-14,16,22H,15H2,1-7H3. The van der Waals surface area contributed by atoms with E-state index >= 15 is 0 Å². The van der Waals surface area contributed by atoms with Crippen LogP contribution in [-0.4, -0.2) is 42.4 Å². The fourth-order valence-corrected chi connectivity index (χ4v) is 5.13. The molecule has 0 aliphatic rings. The third kappa shape index (κ3) is 6.54. The lowest BCUT2D eigenvalue weighted by Crippen LogP contribution is -2.49. The number of methoxy groups -OCH3 is 1. The Morgan fingerprint density at radius 3 is 2.18 bits per heavy atom. The lowest BCUT2D eigenvalue weighted by atomic mass is 10.0. The van der Waals surface area contributed by atoms with Crippen LogP contribution in [0.15, 0.2) is 47.4 Å². The largest absolute Gasteiger partial charge is 0.497 e. The highest BCUT2D eigenvalue weighted by atomic mass is 32.2. The highest BCUT2D eigenvalue weighted by Gasteiger charge is 2.40. The van der Waals surface area contributed by atoms with Gasteiger partial charge in [-0.05, 0) is 63.4 Å². The first-order chi connectivity index (χ1) is 15.7. The number of carbonyl (C=O) groups excluding carboxylic acids is 1. The van der Waals surface area contributed by atoms with Crippen molar-refractivity contribution >= 4 is 21.7 Å². The van der Waals surface area contributed by atoms with Crippen molar-refractivity contribution in [3.63, 3.8) is 0 Å². The van der Waals surface area contributed by atoms with E-state index in [1.807, 2.05) is 0 Å². The third-order valence-electron chi connectivity index (χ3n) is 5.06. The molecule has 0 aromatic heterocycles. The Hall–Kier alpha value is -2.98.